The van der Waals surface area contributed by atoms with Crippen molar-refractivity contribution in [3.8, 4) is 39.1 Å². The zero-order chi connectivity index (χ0) is 40.7. The number of nitrogens with zero attached hydrogens (tertiary/aromatic N) is 1. The van der Waals surface area contributed by atoms with Crippen molar-refractivity contribution in [3.05, 3.63) is 186 Å². The first-order valence-electron chi connectivity index (χ1n) is 23.3. The molecule has 1 heterocycles. The number of unbranched alkanes of at least 4 members (excludes halogenated alkanes) is 10. The molecule has 0 saturated heterocycles. The fourth-order valence-electron chi connectivity index (χ4n) is 10.1. The predicted octanol–water partition coefficient (Wildman–Crippen LogP) is 17.1. The Hall–Kier alpha value is -5.66. The van der Waals surface area contributed by atoms with Crippen LogP contribution in [0.5, 0.6) is 0 Å². The van der Waals surface area contributed by atoms with E-state index >= 15 is 0 Å². The lowest BCUT2D eigenvalue weighted by Crippen LogP contribution is -2.03. The molecule has 7 aromatic carbocycles. The molecule has 1 unspecified atom stereocenters. The second-order valence-electron chi connectivity index (χ2n) is 17.4. The Balaban J connectivity index is 1.20. The SMILES string of the molecule is CCCCCCCCc1cccc(-c2cc(-c3cccc(CCCCCCCC)c3)cc(-n3c4ccccc4c4ccc5c(c43)C(c3ccccc3)c3ccccc3-5)c2)c1. The van der Waals surface area contributed by atoms with Gasteiger partial charge in [-0.05, 0) is 111 Å². The van der Waals surface area contributed by atoms with Gasteiger partial charge in [-0.2, -0.15) is 0 Å². The third kappa shape index (κ3) is 8.25. The van der Waals surface area contributed by atoms with Gasteiger partial charge in [0.05, 0.1) is 11.0 Å². The monoisotopic (exact) mass is 783 g/mol. The largest absolute Gasteiger partial charge is 0.309 e. The van der Waals surface area contributed by atoms with Gasteiger partial charge in [-0.1, -0.05) is 212 Å². The van der Waals surface area contributed by atoms with Crippen molar-refractivity contribution in [1.29, 1.82) is 0 Å². The lowest BCUT2D eigenvalue weighted by atomic mass is 9.88. The van der Waals surface area contributed by atoms with Crippen molar-refractivity contribution in [2.75, 3.05) is 0 Å². The molecule has 1 heteroatoms. The first kappa shape index (κ1) is 39.8. The fraction of sp³-hybridized carbons (Fsp3) is 0.288. The highest BCUT2D eigenvalue weighted by molar-refractivity contribution is 6.13. The molecule has 302 valence electrons. The molecule has 60 heavy (non-hydrogen) atoms. The highest BCUT2D eigenvalue weighted by Crippen LogP contribution is 2.52. The van der Waals surface area contributed by atoms with E-state index in [-0.39, 0.29) is 5.92 Å². The van der Waals surface area contributed by atoms with Crippen LogP contribution in [0.2, 0.25) is 0 Å². The number of benzene rings is 7. The number of hydrogen-bond acceptors (Lipinski definition) is 0. The molecule has 1 aromatic heterocycles. The average molecular weight is 784 g/mol. The van der Waals surface area contributed by atoms with Crippen LogP contribution in [0.3, 0.4) is 0 Å². The van der Waals surface area contributed by atoms with Gasteiger partial charge in [0.2, 0.25) is 0 Å². The lowest BCUT2D eigenvalue weighted by Gasteiger charge is -2.19. The van der Waals surface area contributed by atoms with Crippen LogP contribution in [0.15, 0.2) is 158 Å². The third-order valence-electron chi connectivity index (χ3n) is 13.2. The van der Waals surface area contributed by atoms with Crippen molar-refractivity contribution in [1.82, 2.24) is 4.57 Å². The summed E-state index contributed by atoms with van der Waals surface area (Å²) < 4.78 is 2.61. The van der Waals surface area contributed by atoms with Crippen molar-refractivity contribution < 1.29 is 0 Å². The third-order valence-corrected chi connectivity index (χ3v) is 13.2. The minimum Gasteiger partial charge on any atom is -0.309 e. The molecule has 0 aliphatic heterocycles. The quantitative estimate of drug-likeness (QED) is 0.0764. The summed E-state index contributed by atoms with van der Waals surface area (Å²) in [5, 5.41) is 2.61. The Kier molecular flexibility index (Phi) is 12.4. The summed E-state index contributed by atoms with van der Waals surface area (Å²) in [5.74, 6) is 0.143. The van der Waals surface area contributed by atoms with E-state index in [2.05, 4.69) is 176 Å². The summed E-state index contributed by atoms with van der Waals surface area (Å²) in [6.07, 6.45) is 18.1. The zero-order valence-electron chi connectivity index (χ0n) is 35.9. The average Bonchev–Trinajstić information content (AvgIpc) is 3.82. The number of rotatable bonds is 18. The highest BCUT2D eigenvalue weighted by atomic mass is 15.0. The van der Waals surface area contributed by atoms with Crippen molar-refractivity contribution in [2.24, 2.45) is 0 Å². The molecule has 0 saturated carbocycles. The van der Waals surface area contributed by atoms with Gasteiger partial charge in [0.25, 0.3) is 0 Å². The van der Waals surface area contributed by atoms with E-state index in [1.165, 1.54) is 166 Å². The lowest BCUT2D eigenvalue weighted by molar-refractivity contribution is 0.607. The van der Waals surface area contributed by atoms with Gasteiger partial charge in [-0.3, -0.25) is 0 Å². The van der Waals surface area contributed by atoms with E-state index in [1.807, 2.05) is 0 Å². The molecule has 0 bridgehead atoms. The first-order valence-corrected chi connectivity index (χ1v) is 23.3. The Morgan fingerprint density at radius 3 is 1.67 bits per heavy atom. The molecule has 0 radical (unpaired) electrons. The Bertz CT molecular complexity index is 2620. The molecule has 1 nitrogen and oxygen atoms in total. The standard InChI is InChI=1S/C59H61N/c1-3-5-7-9-11-14-24-43-26-22-30-46(38-43)48-40-49(47-31-23-27-44(39-47)25-15-12-10-8-6-4-2)42-50(41-48)60-56-35-21-20-33-52(56)55-37-36-54-51-32-18-19-34-53(51)57(58(54)59(55)60)45-28-16-13-17-29-45/h13,16-23,26-42,57H,3-12,14-15,24-25H2,1-2H3. The predicted molar refractivity (Wildman–Crippen MR) is 259 cm³/mol. The Morgan fingerprint density at radius 2 is 1.00 bits per heavy atom. The van der Waals surface area contributed by atoms with E-state index in [9.17, 15) is 0 Å². The number of hydrogen-bond donors (Lipinski definition) is 0. The molecule has 1 aliphatic carbocycles. The van der Waals surface area contributed by atoms with E-state index in [1.54, 1.807) is 0 Å². The minimum atomic E-state index is 0.143. The topological polar surface area (TPSA) is 4.93 Å². The van der Waals surface area contributed by atoms with Crippen LogP contribution >= 0.6 is 0 Å². The maximum Gasteiger partial charge on any atom is 0.0588 e. The van der Waals surface area contributed by atoms with E-state index in [4.69, 9.17) is 0 Å². The van der Waals surface area contributed by atoms with Crippen LogP contribution in [-0.2, 0) is 12.8 Å². The summed E-state index contributed by atoms with van der Waals surface area (Å²) in [4.78, 5) is 0. The van der Waals surface area contributed by atoms with Gasteiger partial charge in [-0.15, -0.1) is 0 Å². The summed E-state index contributed by atoms with van der Waals surface area (Å²) in [6.45, 7) is 4.60. The summed E-state index contributed by atoms with van der Waals surface area (Å²) in [6, 6.07) is 60.3. The van der Waals surface area contributed by atoms with Gasteiger partial charge in [0, 0.05) is 22.4 Å². The zero-order valence-corrected chi connectivity index (χ0v) is 35.9. The molecule has 8 aromatic rings. The molecule has 0 amide bonds. The maximum atomic E-state index is 2.61. The van der Waals surface area contributed by atoms with Crippen LogP contribution in [-0.4, -0.2) is 4.57 Å². The molecular formula is C59H61N. The molecule has 9 rings (SSSR count). The van der Waals surface area contributed by atoms with Gasteiger partial charge < -0.3 is 4.57 Å². The summed E-state index contributed by atoms with van der Waals surface area (Å²) >= 11 is 0. The molecular weight excluding hydrogens is 723 g/mol. The van der Waals surface area contributed by atoms with Gasteiger partial charge in [0.15, 0.2) is 0 Å². The molecule has 1 aliphatic rings. The smallest absolute Gasteiger partial charge is 0.0588 e. The van der Waals surface area contributed by atoms with E-state index in [0.717, 1.165) is 12.8 Å². The first-order chi connectivity index (χ1) is 29.7. The Labute approximate surface area is 359 Å². The van der Waals surface area contributed by atoms with Gasteiger partial charge >= 0.3 is 0 Å². The molecule has 0 N–H and O–H groups in total. The number of aromatic nitrogens is 1. The maximum absolute atomic E-state index is 2.61. The Morgan fingerprint density at radius 1 is 0.417 bits per heavy atom. The number of aryl methyl sites for hydroxylation is 2. The minimum absolute atomic E-state index is 0.143. The second-order valence-corrected chi connectivity index (χ2v) is 17.4. The van der Waals surface area contributed by atoms with Crippen LogP contribution in [0, 0.1) is 0 Å². The summed E-state index contributed by atoms with van der Waals surface area (Å²) in [7, 11) is 0. The van der Waals surface area contributed by atoms with Crippen molar-refractivity contribution in [2.45, 2.75) is 110 Å². The van der Waals surface area contributed by atoms with Crippen LogP contribution in [0.4, 0.5) is 0 Å². The van der Waals surface area contributed by atoms with Crippen molar-refractivity contribution in [3.63, 3.8) is 0 Å². The normalized spacial score (nSPS) is 13.3. The molecule has 0 fully saturated rings. The summed E-state index contributed by atoms with van der Waals surface area (Å²) in [5.41, 5.74) is 18.6. The fourth-order valence-corrected chi connectivity index (χ4v) is 10.1. The van der Waals surface area contributed by atoms with Crippen molar-refractivity contribution >= 4 is 21.8 Å². The van der Waals surface area contributed by atoms with Crippen LogP contribution < -0.4 is 0 Å². The van der Waals surface area contributed by atoms with Gasteiger partial charge in [0.1, 0.15) is 0 Å². The second kappa shape index (κ2) is 18.7. The molecule has 0 spiro atoms. The van der Waals surface area contributed by atoms with Gasteiger partial charge in [-0.25, -0.2) is 0 Å². The number of para-hydroxylation sites is 1. The van der Waals surface area contributed by atoms with E-state index in [0.29, 0.717) is 0 Å². The van der Waals surface area contributed by atoms with Crippen LogP contribution in [0.25, 0.3) is 60.9 Å². The molecule has 1 atom stereocenters. The van der Waals surface area contributed by atoms with E-state index < -0.39 is 0 Å². The highest BCUT2D eigenvalue weighted by Gasteiger charge is 2.33. The van der Waals surface area contributed by atoms with Crippen LogP contribution in [0.1, 0.15) is 125 Å². The number of fused-ring (bicyclic) bond motifs is 7.